The van der Waals surface area contributed by atoms with Gasteiger partial charge in [-0.05, 0) is 43.3 Å². The van der Waals surface area contributed by atoms with E-state index in [9.17, 15) is 35.9 Å². The van der Waals surface area contributed by atoms with Crippen LogP contribution in [-0.4, -0.2) is 17.1 Å². The number of hydrogen-bond acceptors (Lipinski definition) is 3. The number of carbonyl (C=O) groups excluding carboxylic acids is 1. The second kappa shape index (κ2) is 8.21. The molecule has 11 heteroatoms. The van der Waals surface area contributed by atoms with E-state index in [1.54, 1.807) is 19.1 Å². The van der Waals surface area contributed by atoms with Gasteiger partial charge in [0, 0.05) is 18.9 Å². The van der Waals surface area contributed by atoms with Crippen LogP contribution in [-0.2, 0) is 19.4 Å². The maximum Gasteiger partial charge on any atom is 0.416 e. The first-order chi connectivity index (χ1) is 14.8. The molecule has 0 aliphatic heterocycles. The molecule has 0 spiro atoms. The zero-order chi connectivity index (χ0) is 23.8. The lowest BCUT2D eigenvalue weighted by atomic mass is 10.1. The summed E-state index contributed by atoms with van der Waals surface area (Å²) in [6, 6.07) is 5.29. The first-order valence-electron chi connectivity index (χ1n) is 9.18. The fraction of sp³-hybridized carbons (Fsp3) is 0.238. The number of halogens is 6. The molecule has 0 unspecified atom stereocenters. The van der Waals surface area contributed by atoms with E-state index in [0.29, 0.717) is 30.0 Å². The maximum atomic E-state index is 13.0. The Kier molecular flexibility index (Phi) is 5.94. The molecular weight excluding hydrogens is 442 g/mol. The Labute approximate surface area is 177 Å². The van der Waals surface area contributed by atoms with Crippen LogP contribution in [0.15, 0.2) is 47.4 Å². The Bertz CT molecular complexity index is 1210. The van der Waals surface area contributed by atoms with Gasteiger partial charge in [0.25, 0.3) is 5.91 Å². The summed E-state index contributed by atoms with van der Waals surface area (Å²) < 4.78 is 85.0. The van der Waals surface area contributed by atoms with E-state index >= 15 is 0 Å². The summed E-state index contributed by atoms with van der Waals surface area (Å²) in [5.41, 5.74) is -4.68. The fourth-order valence-electron chi connectivity index (χ4n) is 3.12. The molecule has 0 aliphatic carbocycles. The van der Waals surface area contributed by atoms with Crippen LogP contribution in [0.5, 0.6) is 5.75 Å². The van der Waals surface area contributed by atoms with Gasteiger partial charge in [-0.3, -0.25) is 9.59 Å². The van der Waals surface area contributed by atoms with Crippen molar-refractivity contribution in [1.82, 2.24) is 4.57 Å². The van der Waals surface area contributed by atoms with E-state index in [4.69, 9.17) is 4.74 Å². The Hall–Kier alpha value is -3.50. The third kappa shape index (κ3) is 4.71. The summed E-state index contributed by atoms with van der Waals surface area (Å²) in [5.74, 6) is -0.788. The van der Waals surface area contributed by atoms with Crippen molar-refractivity contribution in [1.29, 1.82) is 0 Å². The van der Waals surface area contributed by atoms with Gasteiger partial charge in [0.05, 0.1) is 28.6 Å². The van der Waals surface area contributed by atoms with Crippen molar-refractivity contribution in [2.75, 3.05) is 11.9 Å². The maximum absolute atomic E-state index is 13.0. The first kappa shape index (κ1) is 23.2. The van der Waals surface area contributed by atoms with Crippen LogP contribution in [0.1, 0.15) is 28.4 Å². The number of fused-ring (bicyclic) bond motifs is 1. The van der Waals surface area contributed by atoms with Gasteiger partial charge < -0.3 is 14.6 Å². The highest BCUT2D eigenvalue weighted by Crippen LogP contribution is 2.37. The smallest absolute Gasteiger partial charge is 0.416 e. The summed E-state index contributed by atoms with van der Waals surface area (Å²) in [7, 11) is 1.53. The average Bonchev–Trinajstić information content (AvgIpc) is 2.69. The zero-order valence-electron chi connectivity index (χ0n) is 16.7. The third-order valence-corrected chi connectivity index (χ3v) is 4.56. The van der Waals surface area contributed by atoms with Crippen LogP contribution in [0.3, 0.4) is 0 Å². The summed E-state index contributed by atoms with van der Waals surface area (Å²) >= 11 is 0. The number of aromatic nitrogens is 1. The fourth-order valence-corrected chi connectivity index (χ4v) is 3.12. The molecule has 2 aromatic carbocycles. The molecule has 32 heavy (non-hydrogen) atoms. The van der Waals surface area contributed by atoms with E-state index in [1.807, 2.05) is 5.32 Å². The van der Waals surface area contributed by atoms with E-state index in [0.717, 1.165) is 6.20 Å². The molecule has 1 amide bonds. The lowest BCUT2D eigenvalue weighted by molar-refractivity contribution is -0.143. The third-order valence-electron chi connectivity index (χ3n) is 4.56. The predicted octanol–water partition coefficient (Wildman–Crippen LogP) is 5.23. The highest BCUT2D eigenvalue weighted by atomic mass is 19.4. The number of anilines is 1. The largest absolute Gasteiger partial charge is 0.494 e. The number of pyridine rings is 1. The molecule has 0 saturated heterocycles. The molecule has 0 radical (unpaired) electrons. The predicted molar refractivity (Wildman–Crippen MR) is 105 cm³/mol. The molecule has 0 atom stereocenters. The van der Waals surface area contributed by atoms with E-state index in [-0.39, 0.29) is 11.5 Å². The number of nitrogens with zero attached hydrogens (tertiary/aromatic N) is 1. The van der Waals surface area contributed by atoms with Crippen LogP contribution in [0.2, 0.25) is 0 Å². The minimum absolute atomic E-state index is 0.0556. The highest BCUT2D eigenvalue weighted by molar-refractivity contribution is 6.06. The number of carbonyl (C=O) groups is 1. The van der Waals surface area contributed by atoms with Gasteiger partial charge in [-0.1, -0.05) is 0 Å². The second-order valence-corrected chi connectivity index (χ2v) is 6.84. The lowest BCUT2D eigenvalue weighted by Gasteiger charge is -2.15. The quantitative estimate of drug-likeness (QED) is 0.545. The number of aryl methyl sites for hydroxylation is 1. The molecule has 5 nitrogen and oxygen atoms in total. The monoisotopic (exact) mass is 458 g/mol. The second-order valence-electron chi connectivity index (χ2n) is 6.84. The van der Waals surface area contributed by atoms with Gasteiger partial charge in [-0.15, -0.1) is 0 Å². The van der Waals surface area contributed by atoms with Crippen molar-refractivity contribution in [2.45, 2.75) is 19.3 Å². The van der Waals surface area contributed by atoms with Crippen LogP contribution < -0.4 is 15.5 Å². The van der Waals surface area contributed by atoms with Crippen molar-refractivity contribution in [3.63, 3.8) is 0 Å². The number of nitrogens with one attached hydrogen (secondary N) is 1. The van der Waals surface area contributed by atoms with Crippen molar-refractivity contribution < 1.29 is 35.9 Å². The average molecular weight is 458 g/mol. The van der Waals surface area contributed by atoms with Crippen molar-refractivity contribution in [2.24, 2.45) is 7.05 Å². The molecule has 3 aromatic rings. The molecular formula is C21H16F6N2O3. The van der Waals surface area contributed by atoms with Gasteiger partial charge in [0.1, 0.15) is 11.3 Å². The minimum atomic E-state index is -5.07. The molecule has 0 aliphatic rings. The summed E-state index contributed by atoms with van der Waals surface area (Å²) in [4.78, 5) is 25.5. The van der Waals surface area contributed by atoms with Crippen LogP contribution in [0.4, 0.5) is 32.0 Å². The minimum Gasteiger partial charge on any atom is -0.494 e. The van der Waals surface area contributed by atoms with Gasteiger partial charge in [-0.2, -0.15) is 26.3 Å². The molecule has 0 bridgehead atoms. The molecule has 170 valence electrons. The molecule has 3 rings (SSSR count). The number of amides is 1. The SMILES string of the molecule is CCOc1ccc2c(c1)c(=O)c(C(=O)Nc1cc(C(F)(F)F)cc(C(F)(F)F)c1)cn2C. The highest BCUT2D eigenvalue weighted by Gasteiger charge is 2.37. The molecule has 1 heterocycles. The zero-order valence-corrected chi connectivity index (χ0v) is 16.7. The molecule has 0 saturated carbocycles. The lowest BCUT2D eigenvalue weighted by Crippen LogP contribution is -2.24. The number of rotatable bonds is 4. The van der Waals surface area contributed by atoms with Gasteiger partial charge in [0.15, 0.2) is 0 Å². The summed E-state index contributed by atoms with van der Waals surface area (Å²) in [6.07, 6.45) is -9.00. The van der Waals surface area contributed by atoms with Gasteiger partial charge in [0.2, 0.25) is 5.43 Å². The standard InChI is InChI=1S/C21H16F6N2O3/c1-3-32-14-4-5-17-15(9-14)18(30)16(10-29(17)2)19(31)28-13-7-11(20(22,23)24)6-12(8-13)21(25,26)27/h4-10H,3H2,1-2H3,(H,28,31). The van der Waals surface area contributed by atoms with E-state index in [1.165, 1.54) is 17.7 Å². The number of ether oxygens (including phenoxy) is 1. The van der Waals surface area contributed by atoms with Crippen LogP contribution >= 0.6 is 0 Å². The topological polar surface area (TPSA) is 60.3 Å². The number of alkyl halides is 6. The summed E-state index contributed by atoms with van der Waals surface area (Å²) in [5, 5.41) is 2.08. The van der Waals surface area contributed by atoms with E-state index < -0.39 is 46.1 Å². The Morgan fingerprint density at radius 1 is 1.00 bits per heavy atom. The summed E-state index contributed by atoms with van der Waals surface area (Å²) in [6.45, 7) is 2.06. The van der Waals surface area contributed by atoms with Crippen molar-refractivity contribution in [3.05, 3.63) is 69.5 Å². The molecule has 0 fully saturated rings. The Morgan fingerprint density at radius 2 is 1.59 bits per heavy atom. The first-order valence-corrected chi connectivity index (χ1v) is 9.18. The Morgan fingerprint density at radius 3 is 2.12 bits per heavy atom. The normalized spacial score (nSPS) is 12.1. The van der Waals surface area contributed by atoms with Gasteiger partial charge >= 0.3 is 12.4 Å². The molecule has 1 aromatic heterocycles. The van der Waals surface area contributed by atoms with E-state index in [2.05, 4.69) is 0 Å². The van der Waals surface area contributed by atoms with Crippen molar-refractivity contribution in [3.8, 4) is 5.75 Å². The van der Waals surface area contributed by atoms with Gasteiger partial charge in [-0.25, -0.2) is 0 Å². The Balaban J connectivity index is 2.07. The van der Waals surface area contributed by atoms with Crippen molar-refractivity contribution >= 4 is 22.5 Å². The number of benzene rings is 2. The molecule has 1 N–H and O–H groups in total. The van der Waals surface area contributed by atoms with Crippen LogP contribution in [0, 0.1) is 0 Å². The van der Waals surface area contributed by atoms with Crippen LogP contribution in [0.25, 0.3) is 10.9 Å². The number of hydrogen-bond donors (Lipinski definition) is 1.